The Morgan fingerprint density at radius 1 is 1.00 bits per heavy atom. The van der Waals surface area contributed by atoms with Gasteiger partial charge in [-0.05, 0) is 32.9 Å². The molecule has 0 spiro atoms. The topological polar surface area (TPSA) is 57.2 Å². The first-order valence-corrected chi connectivity index (χ1v) is 9.13. The van der Waals surface area contributed by atoms with Gasteiger partial charge in [0, 0.05) is 68.8 Å². The second kappa shape index (κ2) is 8.25. The number of hydrogen-bond acceptors (Lipinski definition) is 6. The molecule has 1 aliphatic heterocycles. The number of hydrogen-bond donors (Lipinski definition) is 1. The fourth-order valence-corrected chi connectivity index (χ4v) is 3.16. The van der Waals surface area contributed by atoms with Crippen molar-refractivity contribution in [2.24, 2.45) is 0 Å². The van der Waals surface area contributed by atoms with Crippen LogP contribution in [0.5, 0.6) is 0 Å². The highest BCUT2D eigenvalue weighted by Gasteiger charge is 2.18. The third-order valence-corrected chi connectivity index (χ3v) is 4.50. The van der Waals surface area contributed by atoms with Crippen LogP contribution in [0.4, 0.5) is 11.8 Å². The molecule has 0 bridgehead atoms. The number of rotatable bonds is 6. The van der Waals surface area contributed by atoms with Crippen molar-refractivity contribution in [2.75, 3.05) is 49.5 Å². The number of aromatic nitrogens is 3. The van der Waals surface area contributed by atoms with E-state index < -0.39 is 0 Å². The van der Waals surface area contributed by atoms with E-state index in [1.54, 1.807) is 0 Å². The minimum absolute atomic E-state index is 0.727. The van der Waals surface area contributed by atoms with Gasteiger partial charge in [0.05, 0.1) is 0 Å². The van der Waals surface area contributed by atoms with Crippen LogP contribution in [0.2, 0.25) is 0 Å². The van der Waals surface area contributed by atoms with E-state index in [2.05, 4.69) is 55.2 Å². The Bertz CT molecular complexity index is 694. The van der Waals surface area contributed by atoms with Gasteiger partial charge in [-0.1, -0.05) is 6.07 Å². The van der Waals surface area contributed by atoms with Crippen LogP contribution in [-0.2, 0) is 6.42 Å². The van der Waals surface area contributed by atoms with Crippen molar-refractivity contribution in [1.82, 2.24) is 19.9 Å². The van der Waals surface area contributed by atoms with E-state index >= 15 is 0 Å². The number of pyridine rings is 1. The van der Waals surface area contributed by atoms with Gasteiger partial charge in [-0.15, -0.1) is 0 Å². The minimum atomic E-state index is 0.727. The van der Waals surface area contributed by atoms with Gasteiger partial charge in [0.15, 0.2) is 0 Å². The first-order chi connectivity index (χ1) is 12.1. The number of aryl methyl sites for hydroxylation is 2. The lowest BCUT2D eigenvalue weighted by atomic mass is 10.2. The van der Waals surface area contributed by atoms with Crippen molar-refractivity contribution < 1.29 is 0 Å². The van der Waals surface area contributed by atoms with Crippen LogP contribution in [0.1, 0.15) is 24.0 Å². The Morgan fingerprint density at radius 2 is 1.80 bits per heavy atom. The summed E-state index contributed by atoms with van der Waals surface area (Å²) in [6.45, 7) is 12.2. The zero-order valence-electron chi connectivity index (χ0n) is 15.5. The van der Waals surface area contributed by atoms with Crippen molar-refractivity contribution in [3.63, 3.8) is 0 Å². The monoisotopic (exact) mass is 340 g/mol. The van der Waals surface area contributed by atoms with Crippen molar-refractivity contribution in [1.29, 1.82) is 0 Å². The number of nitrogens with zero attached hydrogens (tertiary/aromatic N) is 5. The molecule has 3 rings (SSSR count). The highest BCUT2D eigenvalue weighted by Crippen LogP contribution is 2.17. The standard InChI is InChI=1S/C19H28N6/c1-4-20-19-22-16(3)14-18(23-19)25-12-10-24(11-13-25)9-8-17-7-5-6-15(2)21-17/h5-7,14H,4,8-13H2,1-3H3,(H,20,22,23). The molecule has 6 heteroatoms. The van der Waals surface area contributed by atoms with Crippen LogP contribution in [0.3, 0.4) is 0 Å². The summed E-state index contributed by atoms with van der Waals surface area (Å²) in [7, 11) is 0. The molecule has 6 nitrogen and oxygen atoms in total. The summed E-state index contributed by atoms with van der Waals surface area (Å²) in [5.74, 6) is 1.76. The zero-order valence-corrected chi connectivity index (χ0v) is 15.5. The molecule has 25 heavy (non-hydrogen) atoms. The van der Waals surface area contributed by atoms with E-state index in [1.807, 2.05) is 19.9 Å². The zero-order chi connectivity index (χ0) is 17.6. The summed E-state index contributed by atoms with van der Waals surface area (Å²) in [5.41, 5.74) is 3.29. The average molecular weight is 340 g/mol. The first kappa shape index (κ1) is 17.6. The lowest BCUT2D eigenvalue weighted by molar-refractivity contribution is 0.259. The van der Waals surface area contributed by atoms with E-state index in [0.29, 0.717) is 0 Å². The van der Waals surface area contributed by atoms with Crippen LogP contribution in [0.15, 0.2) is 24.3 Å². The Hall–Kier alpha value is -2.21. The van der Waals surface area contributed by atoms with Gasteiger partial charge < -0.3 is 10.2 Å². The van der Waals surface area contributed by atoms with Gasteiger partial charge in [0.1, 0.15) is 5.82 Å². The van der Waals surface area contributed by atoms with Crippen molar-refractivity contribution in [2.45, 2.75) is 27.2 Å². The second-order valence-corrected chi connectivity index (χ2v) is 6.57. The van der Waals surface area contributed by atoms with Crippen LogP contribution in [0, 0.1) is 13.8 Å². The van der Waals surface area contributed by atoms with Crippen molar-refractivity contribution in [3.8, 4) is 0 Å². The molecule has 2 aromatic rings. The van der Waals surface area contributed by atoms with E-state index in [4.69, 9.17) is 0 Å². The SMILES string of the molecule is CCNc1nc(C)cc(N2CCN(CCc3cccc(C)n3)CC2)n1. The highest BCUT2D eigenvalue weighted by atomic mass is 15.3. The predicted octanol–water partition coefficient (Wildman–Crippen LogP) is 2.28. The smallest absolute Gasteiger partial charge is 0.224 e. The second-order valence-electron chi connectivity index (χ2n) is 6.57. The maximum absolute atomic E-state index is 4.65. The van der Waals surface area contributed by atoms with Gasteiger partial charge in [-0.3, -0.25) is 9.88 Å². The van der Waals surface area contributed by atoms with Gasteiger partial charge in [-0.25, -0.2) is 4.98 Å². The summed E-state index contributed by atoms with van der Waals surface area (Å²) in [5, 5.41) is 3.21. The van der Waals surface area contributed by atoms with Gasteiger partial charge >= 0.3 is 0 Å². The molecule has 134 valence electrons. The van der Waals surface area contributed by atoms with E-state index in [-0.39, 0.29) is 0 Å². The third-order valence-electron chi connectivity index (χ3n) is 4.50. The minimum Gasteiger partial charge on any atom is -0.354 e. The molecule has 0 aliphatic carbocycles. The Morgan fingerprint density at radius 3 is 2.52 bits per heavy atom. The molecule has 2 aromatic heterocycles. The predicted molar refractivity (Wildman–Crippen MR) is 102 cm³/mol. The van der Waals surface area contributed by atoms with Gasteiger partial charge in [-0.2, -0.15) is 4.98 Å². The van der Waals surface area contributed by atoms with Crippen molar-refractivity contribution in [3.05, 3.63) is 41.3 Å². The van der Waals surface area contributed by atoms with Gasteiger partial charge in [0.25, 0.3) is 0 Å². The average Bonchev–Trinajstić information content (AvgIpc) is 2.60. The lowest BCUT2D eigenvalue weighted by Gasteiger charge is -2.35. The van der Waals surface area contributed by atoms with Crippen LogP contribution >= 0.6 is 0 Å². The Labute approximate surface area is 150 Å². The van der Waals surface area contributed by atoms with Crippen LogP contribution in [-0.4, -0.2) is 59.1 Å². The lowest BCUT2D eigenvalue weighted by Crippen LogP contribution is -2.47. The number of anilines is 2. The molecule has 0 unspecified atom stereocenters. The summed E-state index contributed by atoms with van der Waals surface area (Å²) in [6, 6.07) is 8.34. The maximum Gasteiger partial charge on any atom is 0.224 e. The number of piperazine rings is 1. The summed E-state index contributed by atoms with van der Waals surface area (Å²) in [6.07, 6.45) is 1.01. The summed E-state index contributed by atoms with van der Waals surface area (Å²) < 4.78 is 0. The maximum atomic E-state index is 4.65. The van der Waals surface area contributed by atoms with Crippen LogP contribution in [0.25, 0.3) is 0 Å². The number of nitrogens with one attached hydrogen (secondary N) is 1. The van der Waals surface area contributed by atoms with E-state index in [0.717, 1.165) is 68.8 Å². The van der Waals surface area contributed by atoms with Crippen molar-refractivity contribution >= 4 is 11.8 Å². The molecule has 1 aliphatic rings. The van der Waals surface area contributed by atoms with E-state index in [1.165, 1.54) is 5.69 Å². The largest absolute Gasteiger partial charge is 0.354 e. The molecule has 1 N–H and O–H groups in total. The molecule has 1 saturated heterocycles. The third kappa shape index (κ3) is 4.89. The fourth-order valence-electron chi connectivity index (χ4n) is 3.16. The molecule has 3 heterocycles. The quantitative estimate of drug-likeness (QED) is 0.871. The molecule has 1 fully saturated rings. The summed E-state index contributed by atoms with van der Waals surface area (Å²) >= 11 is 0. The molecule has 0 amide bonds. The van der Waals surface area contributed by atoms with E-state index in [9.17, 15) is 0 Å². The first-order valence-electron chi connectivity index (χ1n) is 9.13. The molecule has 0 saturated carbocycles. The Balaban J connectivity index is 1.53. The molecule has 0 radical (unpaired) electrons. The summed E-state index contributed by atoms with van der Waals surface area (Å²) in [4.78, 5) is 18.6. The van der Waals surface area contributed by atoms with Gasteiger partial charge in [0.2, 0.25) is 5.95 Å². The molecule has 0 aromatic carbocycles. The van der Waals surface area contributed by atoms with Crippen LogP contribution < -0.4 is 10.2 Å². The molecule has 0 atom stereocenters. The highest BCUT2D eigenvalue weighted by molar-refractivity contribution is 5.45. The molecular formula is C19H28N6. The molecular weight excluding hydrogens is 312 g/mol. The normalized spacial score (nSPS) is 15.4. The fraction of sp³-hybridized carbons (Fsp3) is 0.526. The Kier molecular flexibility index (Phi) is 5.81.